The molecule has 0 aliphatic carbocycles. The highest BCUT2D eigenvalue weighted by molar-refractivity contribution is 7.89. The van der Waals surface area contributed by atoms with Gasteiger partial charge in [0.25, 0.3) is 0 Å². The predicted molar refractivity (Wildman–Crippen MR) is 83.8 cm³/mol. The van der Waals surface area contributed by atoms with Crippen LogP contribution in [-0.4, -0.2) is 36.1 Å². The molecule has 0 saturated carbocycles. The number of hydrogen-bond acceptors (Lipinski definition) is 5. The summed E-state index contributed by atoms with van der Waals surface area (Å²) in [7, 11) is -2.07. The quantitative estimate of drug-likeness (QED) is 0.720. The lowest BCUT2D eigenvalue weighted by atomic mass is 10.2. The normalized spacial score (nSPS) is 11.3. The monoisotopic (exact) mass is 337 g/mol. The molecule has 0 radical (unpaired) electrons. The van der Waals surface area contributed by atoms with Gasteiger partial charge >= 0.3 is 0 Å². The number of benzene rings is 1. The van der Waals surface area contributed by atoms with Crippen molar-refractivity contribution in [3.63, 3.8) is 0 Å². The zero-order valence-electron chi connectivity index (χ0n) is 12.8. The van der Waals surface area contributed by atoms with Crippen molar-refractivity contribution in [2.45, 2.75) is 30.8 Å². The molecule has 1 aromatic heterocycles. The lowest BCUT2D eigenvalue weighted by molar-refractivity contribution is -0.121. The Hall–Kier alpha value is -2.26. The van der Waals surface area contributed by atoms with E-state index in [1.54, 1.807) is 23.1 Å². The van der Waals surface area contributed by atoms with Crippen molar-refractivity contribution in [3.05, 3.63) is 42.5 Å². The summed E-state index contributed by atoms with van der Waals surface area (Å²) >= 11 is 0. The van der Waals surface area contributed by atoms with Gasteiger partial charge in [-0.2, -0.15) is 5.10 Å². The first-order valence-corrected chi connectivity index (χ1v) is 8.61. The lowest BCUT2D eigenvalue weighted by Crippen LogP contribution is -2.23. The molecule has 1 amide bonds. The third-order valence-corrected chi connectivity index (χ3v) is 4.68. The van der Waals surface area contributed by atoms with E-state index in [-0.39, 0.29) is 10.8 Å². The van der Waals surface area contributed by atoms with Crippen molar-refractivity contribution in [3.8, 4) is 0 Å². The number of nitrogens with one attached hydrogen (secondary N) is 2. The number of aromatic nitrogens is 3. The summed E-state index contributed by atoms with van der Waals surface area (Å²) in [6.45, 7) is 1.01. The second-order valence-electron chi connectivity index (χ2n) is 4.89. The van der Waals surface area contributed by atoms with Crippen LogP contribution < -0.4 is 10.0 Å². The van der Waals surface area contributed by atoms with Gasteiger partial charge in [0.2, 0.25) is 15.9 Å². The van der Waals surface area contributed by atoms with E-state index in [0.29, 0.717) is 25.9 Å². The molecule has 9 heteroatoms. The molecule has 0 unspecified atom stereocenters. The first-order valence-electron chi connectivity index (χ1n) is 7.13. The molecule has 0 atom stereocenters. The van der Waals surface area contributed by atoms with E-state index in [9.17, 15) is 13.2 Å². The van der Waals surface area contributed by atoms with Crippen molar-refractivity contribution >= 4 is 15.9 Å². The second-order valence-corrected chi connectivity index (χ2v) is 6.78. The van der Waals surface area contributed by atoms with Gasteiger partial charge < -0.3 is 5.32 Å². The number of sulfonamides is 1. The molecular formula is C14H19N5O3S. The van der Waals surface area contributed by atoms with Crippen LogP contribution in [0.1, 0.15) is 18.4 Å². The van der Waals surface area contributed by atoms with Gasteiger partial charge in [-0.15, -0.1) is 0 Å². The van der Waals surface area contributed by atoms with Crippen molar-refractivity contribution in [2.75, 3.05) is 7.05 Å². The number of carbonyl (C=O) groups excluding carboxylic acids is 1. The van der Waals surface area contributed by atoms with E-state index in [0.717, 1.165) is 5.56 Å². The molecule has 0 aliphatic rings. The van der Waals surface area contributed by atoms with Crippen molar-refractivity contribution in [1.82, 2.24) is 24.8 Å². The molecule has 0 spiro atoms. The molecule has 0 bridgehead atoms. The minimum atomic E-state index is -3.43. The van der Waals surface area contributed by atoms with Crippen LogP contribution >= 0.6 is 0 Å². The average molecular weight is 337 g/mol. The Labute approximate surface area is 135 Å². The van der Waals surface area contributed by atoms with Crippen LogP contribution in [-0.2, 0) is 27.9 Å². The predicted octanol–water partition coefficient (Wildman–Crippen LogP) is 0.283. The maximum Gasteiger partial charge on any atom is 0.240 e. The maximum atomic E-state index is 11.8. The number of nitrogens with zero attached hydrogens (tertiary/aromatic N) is 3. The highest BCUT2D eigenvalue weighted by Gasteiger charge is 2.10. The van der Waals surface area contributed by atoms with Crippen LogP contribution in [0.15, 0.2) is 41.8 Å². The maximum absolute atomic E-state index is 11.8. The highest BCUT2D eigenvalue weighted by atomic mass is 32.2. The lowest BCUT2D eigenvalue weighted by Gasteiger charge is -2.07. The molecule has 2 N–H and O–H groups in total. The van der Waals surface area contributed by atoms with Crippen LogP contribution in [0.25, 0.3) is 0 Å². The molecule has 124 valence electrons. The Morgan fingerprint density at radius 1 is 1.26 bits per heavy atom. The van der Waals surface area contributed by atoms with Crippen LogP contribution in [0, 0.1) is 0 Å². The summed E-state index contributed by atoms with van der Waals surface area (Å²) in [5.74, 6) is -0.0583. The third kappa shape index (κ3) is 5.15. The molecular weight excluding hydrogens is 318 g/mol. The molecule has 0 aliphatic heterocycles. The number of amides is 1. The topological polar surface area (TPSA) is 106 Å². The van der Waals surface area contributed by atoms with E-state index in [1.165, 1.54) is 25.5 Å². The van der Waals surface area contributed by atoms with E-state index in [4.69, 9.17) is 0 Å². The number of aryl methyl sites for hydroxylation is 1. The third-order valence-electron chi connectivity index (χ3n) is 3.25. The van der Waals surface area contributed by atoms with E-state index < -0.39 is 10.0 Å². The largest absolute Gasteiger partial charge is 0.352 e. The summed E-state index contributed by atoms with van der Waals surface area (Å²) in [5.41, 5.74) is 0.838. The van der Waals surface area contributed by atoms with Gasteiger partial charge in [-0.1, -0.05) is 12.1 Å². The number of rotatable bonds is 8. The first kappa shape index (κ1) is 17.1. The zero-order valence-corrected chi connectivity index (χ0v) is 13.6. The molecule has 0 fully saturated rings. The molecule has 2 aromatic rings. The van der Waals surface area contributed by atoms with Crippen molar-refractivity contribution < 1.29 is 13.2 Å². The summed E-state index contributed by atoms with van der Waals surface area (Å²) in [6.07, 6.45) is 4.14. The minimum Gasteiger partial charge on any atom is -0.352 e. The van der Waals surface area contributed by atoms with Crippen LogP contribution in [0.3, 0.4) is 0 Å². The Morgan fingerprint density at radius 3 is 2.61 bits per heavy atom. The molecule has 23 heavy (non-hydrogen) atoms. The Kier molecular flexibility index (Phi) is 5.83. The van der Waals surface area contributed by atoms with Gasteiger partial charge in [0.15, 0.2) is 0 Å². The molecule has 2 rings (SSSR count). The summed E-state index contributed by atoms with van der Waals surface area (Å²) in [6, 6.07) is 6.38. The fourth-order valence-electron chi connectivity index (χ4n) is 1.94. The summed E-state index contributed by atoms with van der Waals surface area (Å²) < 4.78 is 27.1. The Bertz CT molecular complexity index is 726. The van der Waals surface area contributed by atoms with E-state index in [2.05, 4.69) is 20.1 Å². The summed E-state index contributed by atoms with van der Waals surface area (Å²) in [4.78, 5) is 15.8. The highest BCUT2D eigenvalue weighted by Crippen LogP contribution is 2.10. The fraction of sp³-hybridized carbons (Fsp3) is 0.357. The van der Waals surface area contributed by atoms with Crippen LogP contribution in [0.2, 0.25) is 0 Å². The Morgan fingerprint density at radius 2 is 2.00 bits per heavy atom. The average Bonchev–Trinajstić information content (AvgIpc) is 3.07. The minimum absolute atomic E-state index is 0.0583. The van der Waals surface area contributed by atoms with Crippen molar-refractivity contribution in [2.24, 2.45) is 0 Å². The fourth-order valence-corrected chi connectivity index (χ4v) is 2.67. The van der Waals surface area contributed by atoms with E-state index >= 15 is 0 Å². The molecule has 0 saturated heterocycles. The smallest absolute Gasteiger partial charge is 0.240 e. The molecule has 8 nitrogen and oxygen atoms in total. The van der Waals surface area contributed by atoms with Crippen LogP contribution in [0.5, 0.6) is 0 Å². The van der Waals surface area contributed by atoms with Gasteiger partial charge in [-0.05, 0) is 31.2 Å². The number of hydrogen-bond donors (Lipinski definition) is 2. The van der Waals surface area contributed by atoms with Crippen LogP contribution in [0.4, 0.5) is 0 Å². The second kappa shape index (κ2) is 7.84. The van der Waals surface area contributed by atoms with Crippen molar-refractivity contribution in [1.29, 1.82) is 0 Å². The summed E-state index contributed by atoms with van der Waals surface area (Å²) in [5, 5.41) is 6.76. The number of carbonyl (C=O) groups is 1. The zero-order chi connectivity index (χ0) is 16.7. The molecule has 1 heterocycles. The Balaban J connectivity index is 1.75. The standard InChI is InChI=1S/C14H19N5O3S/c1-15-23(21,22)13-6-4-12(5-7-13)9-17-14(20)3-2-8-19-11-16-10-18-19/h4-7,10-11,15H,2-3,8-9H2,1H3,(H,17,20). The SMILES string of the molecule is CNS(=O)(=O)c1ccc(CNC(=O)CCCn2cncn2)cc1. The van der Waals surface area contributed by atoms with Gasteiger partial charge in [0.1, 0.15) is 12.7 Å². The van der Waals surface area contributed by atoms with Gasteiger partial charge in [-0.3, -0.25) is 9.48 Å². The van der Waals surface area contributed by atoms with E-state index in [1.807, 2.05) is 0 Å². The van der Waals surface area contributed by atoms with Gasteiger partial charge in [-0.25, -0.2) is 18.1 Å². The van der Waals surface area contributed by atoms with Gasteiger partial charge in [0.05, 0.1) is 4.90 Å². The molecule has 1 aromatic carbocycles. The van der Waals surface area contributed by atoms with Gasteiger partial charge in [0, 0.05) is 19.5 Å². The first-order chi connectivity index (χ1) is 11.0.